The first kappa shape index (κ1) is 23.9. The van der Waals surface area contributed by atoms with Crippen LogP contribution in [-0.4, -0.2) is 29.5 Å². The summed E-state index contributed by atoms with van der Waals surface area (Å²) in [6, 6.07) is 22.4. The molecule has 0 spiro atoms. The van der Waals surface area contributed by atoms with Gasteiger partial charge in [-0.3, -0.25) is 14.9 Å². The van der Waals surface area contributed by atoms with Gasteiger partial charge in [0.05, 0.1) is 29.3 Å². The van der Waals surface area contributed by atoms with E-state index in [9.17, 15) is 14.4 Å². The lowest BCUT2D eigenvalue weighted by Gasteiger charge is -2.19. The van der Waals surface area contributed by atoms with Crippen molar-refractivity contribution in [1.29, 1.82) is 0 Å². The summed E-state index contributed by atoms with van der Waals surface area (Å²) < 4.78 is 5.92. The van der Waals surface area contributed by atoms with E-state index in [2.05, 4.69) is 20.9 Å². The standard InChI is InChI=1S/C26H24N4O4S/c1-2-34-23(31)16-20(17-9-5-3-6-10-17)28-25(33)27-19-13-14-22-21(15-19)29-26(35-22)30-24(32)18-11-7-4-8-12-18/h3-15,20H,2,16H2,1H3,(H2,27,28,33)(H,29,30,32). The number of fused-ring (bicyclic) bond motifs is 1. The summed E-state index contributed by atoms with van der Waals surface area (Å²) in [6.45, 7) is 2.01. The maximum absolute atomic E-state index is 12.7. The maximum atomic E-state index is 12.7. The summed E-state index contributed by atoms with van der Waals surface area (Å²) in [6.07, 6.45) is 0.0147. The second-order valence-electron chi connectivity index (χ2n) is 7.59. The maximum Gasteiger partial charge on any atom is 0.319 e. The van der Waals surface area contributed by atoms with Gasteiger partial charge >= 0.3 is 12.0 Å². The zero-order valence-corrected chi connectivity index (χ0v) is 19.8. The normalized spacial score (nSPS) is 11.5. The van der Waals surface area contributed by atoms with Gasteiger partial charge in [-0.1, -0.05) is 59.9 Å². The highest BCUT2D eigenvalue weighted by Crippen LogP contribution is 2.28. The van der Waals surface area contributed by atoms with E-state index < -0.39 is 18.0 Å². The smallest absolute Gasteiger partial charge is 0.319 e. The number of urea groups is 1. The van der Waals surface area contributed by atoms with Crippen molar-refractivity contribution in [2.24, 2.45) is 0 Å². The molecule has 4 rings (SSSR count). The Morgan fingerprint density at radius 1 is 0.943 bits per heavy atom. The predicted molar refractivity (Wildman–Crippen MR) is 137 cm³/mol. The Balaban J connectivity index is 1.43. The summed E-state index contributed by atoms with van der Waals surface area (Å²) in [5.74, 6) is -0.633. The number of carbonyl (C=O) groups excluding carboxylic acids is 3. The third-order valence-electron chi connectivity index (χ3n) is 5.09. The van der Waals surface area contributed by atoms with Crippen molar-refractivity contribution in [3.05, 3.63) is 90.0 Å². The highest BCUT2D eigenvalue weighted by atomic mass is 32.1. The van der Waals surface area contributed by atoms with E-state index in [0.29, 0.717) is 21.9 Å². The Labute approximate surface area is 206 Å². The summed E-state index contributed by atoms with van der Waals surface area (Å²) in [5.41, 5.74) is 2.51. The number of amides is 3. The fourth-order valence-corrected chi connectivity index (χ4v) is 4.31. The summed E-state index contributed by atoms with van der Waals surface area (Å²) in [7, 11) is 0. The molecule has 0 saturated heterocycles. The molecule has 8 nitrogen and oxygen atoms in total. The molecule has 1 atom stereocenters. The number of hydrogen-bond donors (Lipinski definition) is 3. The minimum atomic E-state index is -0.543. The average Bonchev–Trinajstić information content (AvgIpc) is 3.26. The number of rotatable bonds is 8. The third kappa shape index (κ3) is 6.42. The van der Waals surface area contributed by atoms with Gasteiger partial charge in [-0.25, -0.2) is 9.78 Å². The van der Waals surface area contributed by atoms with Crippen molar-refractivity contribution >= 4 is 50.3 Å². The van der Waals surface area contributed by atoms with Crippen molar-refractivity contribution in [3.63, 3.8) is 0 Å². The largest absolute Gasteiger partial charge is 0.466 e. The molecule has 0 fully saturated rings. The number of aromatic nitrogens is 1. The molecule has 178 valence electrons. The van der Waals surface area contributed by atoms with Crippen LogP contribution in [0.5, 0.6) is 0 Å². The Bertz CT molecular complexity index is 1330. The zero-order chi connectivity index (χ0) is 24.6. The minimum Gasteiger partial charge on any atom is -0.466 e. The number of anilines is 2. The molecule has 0 saturated carbocycles. The molecule has 0 radical (unpaired) electrons. The Morgan fingerprint density at radius 2 is 1.66 bits per heavy atom. The van der Waals surface area contributed by atoms with Crippen molar-refractivity contribution in [2.45, 2.75) is 19.4 Å². The van der Waals surface area contributed by atoms with Crippen LogP contribution in [0.3, 0.4) is 0 Å². The first-order chi connectivity index (χ1) is 17.0. The fraction of sp³-hybridized carbons (Fsp3) is 0.154. The van der Waals surface area contributed by atoms with Crippen LogP contribution in [0.1, 0.15) is 35.3 Å². The van der Waals surface area contributed by atoms with E-state index in [-0.39, 0.29) is 18.9 Å². The van der Waals surface area contributed by atoms with Crippen LogP contribution in [0.25, 0.3) is 10.2 Å². The molecule has 1 aromatic heterocycles. The topological polar surface area (TPSA) is 109 Å². The molecule has 9 heteroatoms. The van der Waals surface area contributed by atoms with Gasteiger partial charge in [-0.2, -0.15) is 0 Å². The number of nitrogens with one attached hydrogen (secondary N) is 3. The fourth-order valence-electron chi connectivity index (χ4n) is 3.47. The van der Waals surface area contributed by atoms with Crippen LogP contribution in [-0.2, 0) is 9.53 Å². The van der Waals surface area contributed by atoms with Crippen LogP contribution < -0.4 is 16.0 Å². The van der Waals surface area contributed by atoms with Gasteiger partial charge in [0, 0.05) is 11.3 Å². The van der Waals surface area contributed by atoms with Crippen molar-refractivity contribution in [1.82, 2.24) is 10.3 Å². The lowest BCUT2D eigenvalue weighted by atomic mass is 10.0. The molecular weight excluding hydrogens is 464 g/mol. The average molecular weight is 489 g/mol. The zero-order valence-electron chi connectivity index (χ0n) is 19.0. The number of thiazole rings is 1. The van der Waals surface area contributed by atoms with Gasteiger partial charge in [-0.15, -0.1) is 0 Å². The molecule has 0 aliphatic heterocycles. The number of nitrogens with zero attached hydrogens (tertiary/aromatic N) is 1. The van der Waals surface area contributed by atoms with E-state index in [1.54, 1.807) is 43.3 Å². The van der Waals surface area contributed by atoms with Crippen molar-refractivity contribution in [2.75, 3.05) is 17.2 Å². The van der Waals surface area contributed by atoms with Crippen LogP contribution in [0.4, 0.5) is 15.6 Å². The first-order valence-electron chi connectivity index (χ1n) is 11.1. The van der Waals surface area contributed by atoms with E-state index >= 15 is 0 Å². The number of carbonyl (C=O) groups is 3. The SMILES string of the molecule is CCOC(=O)CC(NC(=O)Nc1ccc2sc(NC(=O)c3ccccc3)nc2c1)c1ccccc1. The number of benzene rings is 3. The molecule has 0 aliphatic carbocycles. The number of esters is 1. The molecule has 35 heavy (non-hydrogen) atoms. The Morgan fingerprint density at radius 3 is 2.37 bits per heavy atom. The Kier molecular flexibility index (Phi) is 7.69. The monoisotopic (exact) mass is 488 g/mol. The molecule has 3 N–H and O–H groups in total. The molecular formula is C26H24N4O4S. The van der Waals surface area contributed by atoms with E-state index in [1.165, 1.54) is 11.3 Å². The minimum absolute atomic E-state index is 0.0147. The second-order valence-corrected chi connectivity index (χ2v) is 8.62. The molecule has 0 aliphatic rings. The van der Waals surface area contributed by atoms with Gasteiger partial charge in [-0.05, 0) is 42.8 Å². The van der Waals surface area contributed by atoms with Crippen LogP contribution in [0.15, 0.2) is 78.9 Å². The van der Waals surface area contributed by atoms with Gasteiger partial charge in [0.1, 0.15) is 0 Å². The van der Waals surface area contributed by atoms with E-state index in [1.807, 2.05) is 42.5 Å². The van der Waals surface area contributed by atoms with Gasteiger partial charge < -0.3 is 15.4 Å². The van der Waals surface area contributed by atoms with Crippen LogP contribution in [0.2, 0.25) is 0 Å². The summed E-state index contributed by atoms with van der Waals surface area (Å²) in [4.78, 5) is 41.6. The van der Waals surface area contributed by atoms with Crippen molar-refractivity contribution < 1.29 is 19.1 Å². The van der Waals surface area contributed by atoms with Gasteiger partial charge in [0.2, 0.25) is 0 Å². The van der Waals surface area contributed by atoms with Crippen molar-refractivity contribution in [3.8, 4) is 0 Å². The van der Waals surface area contributed by atoms with Gasteiger partial charge in [0.25, 0.3) is 5.91 Å². The molecule has 1 heterocycles. The van der Waals surface area contributed by atoms with Crippen LogP contribution >= 0.6 is 11.3 Å². The molecule has 3 amide bonds. The van der Waals surface area contributed by atoms with E-state index in [0.717, 1.165) is 10.3 Å². The lowest BCUT2D eigenvalue weighted by molar-refractivity contribution is -0.143. The highest BCUT2D eigenvalue weighted by molar-refractivity contribution is 7.22. The summed E-state index contributed by atoms with van der Waals surface area (Å²) in [5, 5.41) is 8.91. The number of hydrogen-bond acceptors (Lipinski definition) is 6. The molecule has 1 unspecified atom stereocenters. The second kappa shape index (κ2) is 11.3. The first-order valence-corrected chi connectivity index (χ1v) is 11.9. The van der Waals surface area contributed by atoms with E-state index in [4.69, 9.17) is 4.74 Å². The Hall–Kier alpha value is -4.24. The highest BCUT2D eigenvalue weighted by Gasteiger charge is 2.19. The number of ether oxygens (including phenoxy) is 1. The molecule has 4 aromatic rings. The lowest BCUT2D eigenvalue weighted by Crippen LogP contribution is -2.34. The van der Waals surface area contributed by atoms with Gasteiger partial charge in [0.15, 0.2) is 5.13 Å². The molecule has 0 bridgehead atoms. The molecule has 3 aromatic carbocycles. The summed E-state index contributed by atoms with van der Waals surface area (Å²) >= 11 is 1.34. The third-order valence-corrected chi connectivity index (χ3v) is 6.04. The van der Waals surface area contributed by atoms with Crippen LogP contribution in [0, 0.1) is 0 Å². The predicted octanol–water partition coefficient (Wildman–Crippen LogP) is 5.36. The quantitative estimate of drug-likeness (QED) is 0.289.